The van der Waals surface area contributed by atoms with E-state index >= 15 is 0 Å². The van der Waals surface area contributed by atoms with Gasteiger partial charge in [0, 0.05) is 8.80 Å². The van der Waals surface area contributed by atoms with E-state index < -0.39 is 17.8 Å². The molecule has 1 saturated heterocycles. The molecule has 1 saturated carbocycles. The highest BCUT2D eigenvalue weighted by molar-refractivity contribution is 6.58. The lowest BCUT2D eigenvalue weighted by Crippen LogP contribution is -2.28. The van der Waals surface area contributed by atoms with Gasteiger partial charge in [-0.15, -0.1) is 0 Å². The van der Waals surface area contributed by atoms with E-state index in [-0.39, 0.29) is 13.8 Å². The maximum absolute atomic E-state index is 14.0. The summed E-state index contributed by atoms with van der Waals surface area (Å²) in [6.07, 6.45) is 13.5. The van der Waals surface area contributed by atoms with Gasteiger partial charge in [-0.2, -0.15) is 0 Å². The molecule has 0 atom stereocenters. The predicted octanol–water partition coefficient (Wildman–Crippen LogP) is 10.0. The van der Waals surface area contributed by atoms with Gasteiger partial charge in [-0.1, -0.05) is 101 Å². The Morgan fingerprint density at radius 3 is 2.28 bits per heavy atom. The average molecular weight is 486 g/mol. The second-order valence-electron chi connectivity index (χ2n) is 10.3. The highest BCUT2D eigenvalue weighted by Gasteiger charge is 2.31. The molecule has 1 aromatic carbocycles. The fourth-order valence-corrected chi connectivity index (χ4v) is 9.37. The zero-order chi connectivity index (χ0) is 22.9. The lowest BCUT2D eigenvalue weighted by atomic mass is 9.73. The maximum atomic E-state index is 14.0. The van der Waals surface area contributed by atoms with Gasteiger partial charge in [-0.3, -0.25) is 0 Å². The molecule has 2 aliphatic rings. The van der Waals surface area contributed by atoms with Crippen molar-refractivity contribution in [1.29, 1.82) is 0 Å². The van der Waals surface area contributed by atoms with Crippen molar-refractivity contribution in [3.8, 4) is 0 Å². The molecule has 0 N–H and O–H groups in total. The lowest BCUT2D eigenvalue weighted by Gasteiger charge is -2.37. The van der Waals surface area contributed by atoms with E-state index in [1.165, 1.54) is 70.3 Å². The molecule has 1 aliphatic carbocycles. The lowest BCUT2D eigenvalue weighted by molar-refractivity contribution is 0.145. The fourth-order valence-electron chi connectivity index (χ4n) is 6.15. The van der Waals surface area contributed by atoms with Crippen molar-refractivity contribution >= 4 is 20.4 Å². The number of rotatable bonds is 11. The molecule has 0 spiro atoms. The molecule has 1 heterocycles. The van der Waals surface area contributed by atoms with Gasteiger partial charge >= 0.3 is 0 Å². The van der Waals surface area contributed by atoms with Crippen LogP contribution in [0.15, 0.2) is 12.1 Å². The Kier molecular flexibility index (Phi) is 11.0. The van der Waals surface area contributed by atoms with Crippen LogP contribution in [0.1, 0.15) is 102 Å². The normalized spacial score (nSPS) is 23.2. The zero-order valence-electron chi connectivity index (χ0n) is 19.8. The van der Waals surface area contributed by atoms with Crippen LogP contribution in [0.2, 0.25) is 23.2 Å². The van der Waals surface area contributed by atoms with Gasteiger partial charge in [0.2, 0.25) is 0 Å². The van der Waals surface area contributed by atoms with Crippen molar-refractivity contribution in [3.63, 3.8) is 0 Å². The molecule has 0 bridgehead atoms. The van der Waals surface area contributed by atoms with Crippen LogP contribution in [0, 0.1) is 23.6 Å². The maximum Gasteiger partial charge on any atom is 0.266 e. The first-order valence-electron chi connectivity index (χ1n) is 13.1. The van der Waals surface area contributed by atoms with Crippen LogP contribution in [0.3, 0.4) is 0 Å². The Morgan fingerprint density at radius 1 is 0.938 bits per heavy atom. The van der Waals surface area contributed by atoms with E-state index in [4.69, 9.17) is 11.6 Å². The van der Waals surface area contributed by atoms with Crippen molar-refractivity contribution in [2.45, 2.75) is 115 Å². The summed E-state index contributed by atoms with van der Waals surface area (Å²) in [4.78, 5) is 0. The van der Waals surface area contributed by atoms with Gasteiger partial charge in [0.1, 0.15) is 0 Å². The van der Waals surface area contributed by atoms with Crippen LogP contribution >= 0.6 is 11.6 Å². The molecule has 1 aliphatic heterocycles. The summed E-state index contributed by atoms with van der Waals surface area (Å²) in [5.41, 5.74) is -0.0844. The Hall–Kier alpha value is -0.483. The first kappa shape index (κ1) is 26.1. The van der Waals surface area contributed by atoms with E-state index in [0.29, 0.717) is 12.0 Å². The first-order chi connectivity index (χ1) is 15.5. The summed E-state index contributed by atoms with van der Waals surface area (Å²) < 4.78 is 40.5. The molecule has 181 valence electrons. The van der Waals surface area contributed by atoms with E-state index in [2.05, 4.69) is 6.92 Å². The van der Waals surface area contributed by atoms with Gasteiger partial charge in [0.15, 0.2) is 5.82 Å². The van der Waals surface area contributed by atoms with Gasteiger partial charge in [-0.05, 0) is 55.1 Å². The van der Waals surface area contributed by atoms with E-state index in [0.717, 1.165) is 30.6 Å². The minimum Gasteiger partial charge on any atom is -0.205 e. The number of unbranched alkanes of at least 4 members (excludes halogenated alkanes) is 3. The summed E-state index contributed by atoms with van der Waals surface area (Å²) >= 11 is 5.69. The van der Waals surface area contributed by atoms with Gasteiger partial charge in [0.05, 0.1) is 10.6 Å². The smallest absolute Gasteiger partial charge is 0.205 e. The Labute approximate surface area is 200 Å². The average Bonchev–Trinajstić information content (AvgIpc) is 2.80. The standard InChI is InChI=1S/C27H41ClF3Si/c1-2-3-6-17-32-18-15-22(16-19-32)21-11-9-20(10-12-21)7-4-5-8-23-13-14-24(28)26(29)25(23)27(30)31/h13-14,20-22,27H,2-12,15-19H2,1H3. The quantitative estimate of drug-likeness (QED) is 0.216. The van der Waals surface area contributed by atoms with Crippen molar-refractivity contribution in [2.24, 2.45) is 17.8 Å². The number of hydrogen-bond acceptors (Lipinski definition) is 0. The Bertz CT molecular complexity index is 680. The molecular formula is C27H41ClF3Si. The van der Waals surface area contributed by atoms with Crippen LogP contribution in [-0.2, 0) is 6.42 Å². The molecule has 32 heavy (non-hydrogen) atoms. The number of alkyl halides is 2. The minimum atomic E-state index is -2.81. The van der Waals surface area contributed by atoms with E-state index in [1.807, 2.05) is 0 Å². The van der Waals surface area contributed by atoms with Crippen LogP contribution in [-0.4, -0.2) is 8.80 Å². The first-order valence-corrected chi connectivity index (χ1v) is 15.6. The summed E-state index contributed by atoms with van der Waals surface area (Å²) in [5.74, 6) is 1.79. The number of hydrogen-bond donors (Lipinski definition) is 0. The zero-order valence-corrected chi connectivity index (χ0v) is 21.5. The summed E-state index contributed by atoms with van der Waals surface area (Å²) in [6, 6.07) is 7.65. The SMILES string of the molecule is CCCCC[Si]1CCC(C2CCC(CCCCc3ccc(Cl)c(F)c3C(F)F)CC2)CC1. The van der Waals surface area contributed by atoms with Gasteiger partial charge in [-0.25, -0.2) is 13.2 Å². The van der Waals surface area contributed by atoms with Gasteiger partial charge < -0.3 is 0 Å². The molecule has 1 aromatic rings. The van der Waals surface area contributed by atoms with E-state index in [1.54, 1.807) is 24.2 Å². The van der Waals surface area contributed by atoms with Crippen molar-refractivity contribution < 1.29 is 13.2 Å². The largest absolute Gasteiger partial charge is 0.266 e. The number of benzene rings is 1. The van der Waals surface area contributed by atoms with Crippen LogP contribution in [0.25, 0.3) is 0 Å². The van der Waals surface area contributed by atoms with Crippen molar-refractivity contribution in [2.75, 3.05) is 0 Å². The molecule has 0 amide bonds. The summed E-state index contributed by atoms with van der Waals surface area (Å²) in [6.45, 7) is 2.30. The highest BCUT2D eigenvalue weighted by Crippen LogP contribution is 2.42. The fraction of sp³-hybridized carbons (Fsp3) is 0.778. The van der Waals surface area contributed by atoms with Crippen LogP contribution in [0.4, 0.5) is 13.2 Å². The third-order valence-corrected chi connectivity index (χ3v) is 11.5. The molecule has 0 unspecified atom stereocenters. The third-order valence-electron chi connectivity index (χ3n) is 8.18. The Balaban J connectivity index is 1.32. The number of aryl methyl sites for hydroxylation is 1. The second kappa shape index (κ2) is 13.4. The highest BCUT2D eigenvalue weighted by atomic mass is 35.5. The van der Waals surface area contributed by atoms with Crippen LogP contribution < -0.4 is 0 Å². The summed E-state index contributed by atoms with van der Waals surface area (Å²) in [7, 11) is -0.0300. The monoisotopic (exact) mass is 485 g/mol. The molecule has 0 aromatic heterocycles. The van der Waals surface area contributed by atoms with Gasteiger partial charge in [0.25, 0.3) is 6.43 Å². The Morgan fingerprint density at radius 2 is 1.62 bits per heavy atom. The van der Waals surface area contributed by atoms with Crippen molar-refractivity contribution in [3.05, 3.63) is 34.1 Å². The molecule has 5 heteroatoms. The minimum absolute atomic E-state index is 0.0300. The van der Waals surface area contributed by atoms with Crippen LogP contribution in [0.5, 0.6) is 0 Å². The van der Waals surface area contributed by atoms with Crippen molar-refractivity contribution in [1.82, 2.24) is 0 Å². The predicted molar refractivity (Wildman–Crippen MR) is 132 cm³/mol. The topological polar surface area (TPSA) is 0 Å². The third kappa shape index (κ3) is 7.51. The molecule has 3 rings (SSSR count). The molecule has 1 radical (unpaired) electrons. The summed E-state index contributed by atoms with van der Waals surface area (Å²) in [5, 5.41) is -0.215. The number of halogens is 4. The molecule has 2 fully saturated rings. The molecular weight excluding hydrogens is 445 g/mol. The molecule has 0 nitrogen and oxygen atoms in total. The van der Waals surface area contributed by atoms with E-state index in [9.17, 15) is 13.2 Å². The second-order valence-corrected chi connectivity index (χ2v) is 13.7.